The maximum Gasteiger partial charge on any atom is 0.240 e. The Morgan fingerprint density at radius 3 is 2.56 bits per heavy atom. The largest absolute Gasteiger partial charge is 0.358 e. The third-order valence-electron chi connectivity index (χ3n) is 6.84. The maximum atomic E-state index is 12.7. The van der Waals surface area contributed by atoms with Crippen LogP contribution in [-0.2, 0) is 10.0 Å². The molecule has 36 heavy (non-hydrogen) atoms. The minimum absolute atomic E-state index is 0.264. The number of H-pyrrole nitrogens is 1. The van der Waals surface area contributed by atoms with E-state index >= 15 is 0 Å². The standard InChI is InChI=1S/C28H29Cl2N3O2S/c1-19-28(26-18-24(30)7-9-27(26)32-19)21-10-14-33(15-11-21)13-3-2-12-31-36(34,35)25-8-5-20-4-6-23(29)16-22(20)17-25/h4-10,16-18,31-32H,2-3,11-15H2,1H3. The SMILES string of the molecule is Cc1[nH]c2ccc(Cl)cc2c1C1=CCN(CCCCNS(=O)(=O)c2ccc3ccc(Cl)cc3c2)CC1. The van der Waals surface area contributed by atoms with Gasteiger partial charge in [-0.2, -0.15) is 0 Å². The highest BCUT2D eigenvalue weighted by Crippen LogP contribution is 2.33. The smallest absolute Gasteiger partial charge is 0.240 e. The lowest BCUT2D eigenvalue weighted by Crippen LogP contribution is -2.30. The average Bonchev–Trinajstić information content (AvgIpc) is 3.18. The molecule has 0 amide bonds. The van der Waals surface area contributed by atoms with Crippen LogP contribution in [0.5, 0.6) is 0 Å². The monoisotopic (exact) mass is 541 g/mol. The zero-order valence-electron chi connectivity index (χ0n) is 20.2. The Kier molecular flexibility index (Phi) is 7.42. The Balaban J connectivity index is 1.12. The lowest BCUT2D eigenvalue weighted by atomic mass is 9.96. The van der Waals surface area contributed by atoms with E-state index in [1.54, 1.807) is 24.3 Å². The number of hydrogen-bond acceptors (Lipinski definition) is 3. The van der Waals surface area contributed by atoms with Crippen molar-refractivity contribution in [2.75, 3.05) is 26.2 Å². The third-order valence-corrected chi connectivity index (χ3v) is 8.77. The van der Waals surface area contributed by atoms with E-state index in [1.807, 2.05) is 30.3 Å². The number of unbranched alkanes of at least 4 members (excludes halogenated alkanes) is 1. The maximum absolute atomic E-state index is 12.7. The number of rotatable bonds is 8. The highest BCUT2D eigenvalue weighted by molar-refractivity contribution is 7.89. The second-order valence-corrected chi connectivity index (χ2v) is 12.0. The first kappa shape index (κ1) is 25.3. The minimum Gasteiger partial charge on any atom is -0.358 e. The summed E-state index contributed by atoms with van der Waals surface area (Å²) < 4.78 is 28.2. The van der Waals surface area contributed by atoms with Crippen molar-refractivity contribution >= 4 is 60.5 Å². The molecule has 0 aliphatic carbocycles. The van der Waals surface area contributed by atoms with Crippen LogP contribution in [-0.4, -0.2) is 44.5 Å². The fourth-order valence-corrected chi connectivity index (χ4v) is 6.43. The van der Waals surface area contributed by atoms with Gasteiger partial charge in [-0.1, -0.05) is 41.4 Å². The van der Waals surface area contributed by atoms with Crippen molar-refractivity contribution < 1.29 is 8.42 Å². The Morgan fingerprint density at radius 1 is 0.972 bits per heavy atom. The Hall–Kier alpha value is -2.35. The Labute approximate surface area is 222 Å². The predicted octanol–water partition coefficient (Wildman–Crippen LogP) is 6.78. The van der Waals surface area contributed by atoms with Crippen LogP contribution in [0.4, 0.5) is 0 Å². The first-order valence-electron chi connectivity index (χ1n) is 12.2. The molecule has 0 spiro atoms. The number of nitrogens with zero attached hydrogens (tertiary/aromatic N) is 1. The molecule has 2 N–H and O–H groups in total. The molecule has 0 radical (unpaired) electrons. The fourth-order valence-electron chi connectivity index (χ4n) is 4.97. The van der Waals surface area contributed by atoms with Crippen LogP contribution in [0.1, 0.15) is 30.5 Å². The summed E-state index contributed by atoms with van der Waals surface area (Å²) in [5.74, 6) is 0. The molecule has 0 fully saturated rings. The van der Waals surface area contributed by atoms with E-state index in [2.05, 4.69) is 27.6 Å². The molecule has 5 rings (SSSR count). The second kappa shape index (κ2) is 10.6. The van der Waals surface area contributed by atoms with Gasteiger partial charge in [0.2, 0.25) is 10.0 Å². The molecule has 188 valence electrons. The molecule has 5 nitrogen and oxygen atoms in total. The molecule has 1 aromatic heterocycles. The first-order chi connectivity index (χ1) is 17.3. The minimum atomic E-state index is -3.56. The summed E-state index contributed by atoms with van der Waals surface area (Å²) in [4.78, 5) is 6.15. The van der Waals surface area contributed by atoms with Crippen LogP contribution in [0, 0.1) is 6.92 Å². The molecule has 0 bridgehead atoms. The van der Waals surface area contributed by atoms with Crippen molar-refractivity contribution in [2.24, 2.45) is 0 Å². The number of aryl methyl sites for hydroxylation is 1. The summed E-state index contributed by atoms with van der Waals surface area (Å²) in [7, 11) is -3.56. The van der Waals surface area contributed by atoms with Gasteiger partial charge in [0.1, 0.15) is 0 Å². The number of benzene rings is 3. The highest BCUT2D eigenvalue weighted by atomic mass is 35.5. The quantitative estimate of drug-likeness (QED) is 0.241. The van der Waals surface area contributed by atoms with Gasteiger partial charge >= 0.3 is 0 Å². The predicted molar refractivity (Wildman–Crippen MR) is 150 cm³/mol. The summed E-state index contributed by atoms with van der Waals surface area (Å²) >= 11 is 12.3. The second-order valence-electron chi connectivity index (χ2n) is 9.35. The molecule has 0 saturated heterocycles. The van der Waals surface area contributed by atoms with Gasteiger partial charge in [-0.3, -0.25) is 4.90 Å². The third kappa shape index (κ3) is 5.48. The molecular formula is C28H29Cl2N3O2S. The Bertz CT molecular complexity index is 1560. The fraction of sp³-hybridized carbons (Fsp3) is 0.286. The van der Waals surface area contributed by atoms with Gasteiger partial charge < -0.3 is 4.98 Å². The molecule has 0 atom stereocenters. The molecule has 0 saturated carbocycles. The summed E-state index contributed by atoms with van der Waals surface area (Å²) in [5, 5.41) is 4.29. The molecule has 3 aromatic carbocycles. The molecule has 1 aliphatic heterocycles. The number of nitrogens with one attached hydrogen (secondary N) is 2. The molecule has 2 heterocycles. The van der Waals surface area contributed by atoms with Crippen LogP contribution < -0.4 is 4.72 Å². The van der Waals surface area contributed by atoms with Crippen LogP contribution >= 0.6 is 23.2 Å². The molecule has 1 aliphatic rings. The molecular weight excluding hydrogens is 513 g/mol. The summed E-state index contributed by atoms with van der Waals surface area (Å²) in [5.41, 5.74) is 4.93. The topological polar surface area (TPSA) is 65.2 Å². The van der Waals surface area contributed by atoms with Crippen molar-refractivity contribution in [1.29, 1.82) is 0 Å². The number of fused-ring (bicyclic) bond motifs is 2. The lowest BCUT2D eigenvalue weighted by Gasteiger charge is -2.26. The number of aromatic nitrogens is 1. The van der Waals surface area contributed by atoms with Crippen LogP contribution in [0.2, 0.25) is 10.0 Å². The van der Waals surface area contributed by atoms with Crippen molar-refractivity contribution in [3.63, 3.8) is 0 Å². The number of aromatic amines is 1. The molecule has 8 heteroatoms. The highest BCUT2D eigenvalue weighted by Gasteiger charge is 2.18. The molecule has 0 unspecified atom stereocenters. The average molecular weight is 543 g/mol. The van der Waals surface area contributed by atoms with Gasteiger partial charge in [0.25, 0.3) is 0 Å². The zero-order valence-corrected chi connectivity index (χ0v) is 22.5. The van der Waals surface area contributed by atoms with Gasteiger partial charge in [0, 0.05) is 51.8 Å². The van der Waals surface area contributed by atoms with E-state index in [-0.39, 0.29) is 4.90 Å². The Morgan fingerprint density at radius 2 is 1.75 bits per heavy atom. The van der Waals surface area contributed by atoms with E-state index < -0.39 is 10.0 Å². The summed E-state index contributed by atoms with van der Waals surface area (Å²) in [6.45, 7) is 5.36. The van der Waals surface area contributed by atoms with Gasteiger partial charge in [-0.05, 0) is 91.5 Å². The van der Waals surface area contributed by atoms with Gasteiger partial charge in [-0.15, -0.1) is 0 Å². The van der Waals surface area contributed by atoms with Crippen molar-refractivity contribution in [3.8, 4) is 0 Å². The van der Waals surface area contributed by atoms with Crippen molar-refractivity contribution in [2.45, 2.75) is 31.1 Å². The number of hydrogen-bond donors (Lipinski definition) is 2. The van der Waals surface area contributed by atoms with Gasteiger partial charge in [0.15, 0.2) is 0 Å². The van der Waals surface area contributed by atoms with Gasteiger partial charge in [0.05, 0.1) is 4.90 Å². The lowest BCUT2D eigenvalue weighted by molar-refractivity contribution is 0.295. The summed E-state index contributed by atoms with van der Waals surface area (Å²) in [6.07, 6.45) is 5.01. The van der Waals surface area contributed by atoms with Crippen LogP contribution in [0.15, 0.2) is 65.6 Å². The zero-order chi connectivity index (χ0) is 25.3. The van der Waals surface area contributed by atoms with E-state index in [0.717, 1.165) is 60.2 Å². The van der Waals surface area contributed by atoms with Crippen LogP contribution in [0.25, 0.3) is 27.2 Å². The summed E-state index contributed by atoms with van der Waals surface area (Å²) in [6, 6.07) is 16.6. The normalized spacial score (nSPS) is 15.0. The van der Waals surface area contributed by atoms with E-state index in [0.29, 0.717) is 11.6 Å². The first-order valence-corrected chi connectivity index (χ1v) is 14.4. The van der Waals surface area contributed by atoms with Crippen molar-refractivity contribution in [3.05, 3.63) is 82.0 Å². The van der Waals surface area contributed by atoms with E-state index in [1.165, 1.54) is 22.2 Å². The van der Waals surface area contributed by atoms with Crippen molar-refractivity contribution in [1.82, 2.24) is 14.6 Å². The van der Waals surface area contributed by atoms with E-state index in [9.17, 15) is 8.42 Å². The molecule has 4 aromatic rings. The number of halogens is 2. The van der Waals surface area contributed by atoms with E-state index in [4.69, 9.17) is 23.2 Å². The number of sulfonamides is 1. The van der Waals surface area contributed by atoms with Gasteiger partial charge in [-0.25, -0.2) is 13.1 Å². The van der Waals surface area contributed by atoms with Crippen LogP contribution in [0.3, 0.4) is 0 Å².